The molecule has 0 spiro atoms. The Hall–Kier alpha value is -3.32. The van der Waals surface area contributed by atoms with Crippen molar-refractivity contribution in [2.75, 3.05) is 10.6 Å². The molecule has 31 heavy (non-hydrogen) atoms. The molecule has 7 nitrogen and oxygen atoms in total. The quantitative estimate of drug-likeness (QED) is 0.395. The fourth-order valence-corrected chi connectivity index (χ4v) is 3.35. The molecule has 0 radical (unpaired) electrons. The van der Waals surface area contributed by atoms with Crippen LogP contribution < -0.4 is 16.4 Å². The van der Waals surface area contributed by atoms with Crippen LogP contribution >= 0.6 is 11.6 Å². The van der Waals surface area contributed by atoms with Gasteiger partial charge in [-0.3, -0.25) is 4.79 Å². The van der Waals surface area contributed by atoms with Crippen molar-refractivity contribution in [1.29, 1.82) is 0 Å². The van der Waals surface area contributed by atoms with E-state index in [1.807, 2.05) is 55.5 Å². The minimum atomic E-state index is -0.805. The predicted molar refractivity (Wildman–Crippen MR) is 123 cm³/mol. The van der Waals surface area contributed by atoms with Gasteiger partial charge >= 0.3 is 6.09 Å². The van der Waals surface area contributed by atoms with E-state index in [1.165, 1.54) is 0 Å². The summed E-state index contributed by atoms with van der Waals surface area (Å²) in [5.41, 5.74) is 8.78. The Labute approximate surface area is 185 Å². The molecule has 8 heteroatoms. The summed E-state index contributed by atoms with van der Waals surface area (Å²) >= 11 is 6.43. The molecule has 0 bridgehead atoms. The lowest BCUT2D eigenvalue weighted by Gasteiger charge is -2.17. The Bertz CT molecular complexity index is 1070. The zero-order chi connectivity index (χ0) is 22.2. The van der Waals surface area contributed by atoms with Crippen molar-refractivity contribution >= 4 is 45.9 Å². The van der Waals surface area contributed by atoms with Gasteiger partial charge in [0, 0.05) is 18.4 Å². The molecule has 162 valence electrons. The summed E-state index contributed by atoms with van der Waals surface area (Å²) in [6.07, 6.45) is 1.36. The molecule has 0 unspecified atom stereocenters. The summed E-state index contributed by atoms with van der Waals surface area (Å²) in [6, 6.07) is 15.2. The van der Waals surface area contributed by atoms with E-state index >= 15 is 0 Å². The third-order valence-corrected chi connectivity index (χ3v) is 5.02. The smallest absolute Gasteiger partial charge is 0.404 e. The number of nitrogens with two attached hydrogens (primary N) is 1. The number of fused-ring (bicyclic) bond motifs is 1. The molecule has 0 saturated carbocycles. The van der Waals surface area contributed by atoms with Gasteiger partial charge in [0.25, 0.3) is 0 Å². The van der Waals surface area contributed by atoms with Crippen LogP contribution in [0.15, 0.2) is 48.5 Å². The first-order valence-electron chi connectivity index (χ1n) is 10.1. The number of unbranched alkanes of at least 4 members (excludes halogenated alkanes) is 1. The van der Waals surface area contributed by atoms with E-state index in [1.54, 1.807) is 0 Å². The highest BCUT2D eigenvalue weighted by molar-refractivity contribution is 6.34. The maximum Gasteiger partial charge on any atom is 0.404 e. The van der Waals surface area contributed by atoms with Gasteiger partial charge in [0.15, 0.2) is 5.15 Å². The number of anilines is 2. The first kappa shape index (κ1) is 22.4. The number of primary amides is 1. The largest absolute Gasteiger partial charge is 0.445 e. The molecule has 0 fully saturated rings. The van der Waals surface area contributed by atoms with Gasteiger partial charge in [-0.25, -0.2) is 9.78 Å². The molecular formula is C23H25ClN4O3. The molecule has 0 saturated heterocycles. The highest BCUT2D eigenvalue weighted by atomic mass is 35.5. The molecule has 0 aliphatic rings. The molecule has 4 N–H and O–H groups in total. The zero-order valence-electron chi connectivity index (χ0n) is 17.3. The SMILES string of the molecule is CCCCC(=O)Nc1c(Cl)nc2ccccc2c1NCc1ccc(COC(N)=O)cc1. The van der Waals surface area contributed by atoms with Crippen molar-refractivity contribution < 1.29 is 14.3 Å². The zero-order valence-corrected chi connectivity index (χ0v) is 18.0. The lowest BCUT2D eigenvalue weighted by Crippen LogP contribution is -2.14. The number of amides is 2. The van der Waals surface area contributed by atoms with Gasteiger partial charge in [0.1, 0.15) is 12.3 Å². The molecule has 1 aromatic heterocycles. The fraction of sp³-hybridized carbons (Fsp3) is 0.261. The summed E-state index contributed by atoms with van der Waals surface area (Å²) in [4.78, 5) is 27.5. The molecule has 0 aliphatic carbocycles. The van der Waals surface area contributed by atoms with E-state index in [4.69, 9.17) is 22.1 Å². The van der Waals surface area contributed by atoms with Crippen LogP contribution in [0.2, 0.25) is 5.15 Å². The second-order valence-corrected chi connectivity index (χ2v) is 7.46. The van der Waals surface area contributed by atoms with Crippen LogP contribution in [-0.4, -0.2) is 17.0 Å². The van der Waals surface area contributed by atoms with Crippen molar-refractivity contribution in [3.8, 4) is 0 Å². The fourth-order valence-electron chi connectivity index (χ4n) is 3.12. The number of aromatic nitrogens is 1. The van der Waals surface area contributed by atoms with Crippen LogP contribution in [0.3, 0.4) is 0 Å². The van der Waals surface area contributed by atoms with E-state index in [2.05, 4.69) is 15.6 Å². The van der Waals surface area contributed by atoms with E-state index < -0.39 is 6.09 Å². The van der Waals surface area contributed by atoms with Crippen molar-refractivity contribution in [1.82, 2.24) is 4.98 Å². The van der Waals surface area contributed by atoms with E-state index in [0.717, 1.165) is 40.6 Å². The number of ether oxygens (including phenoxy) is 1. The average Bonchev–Trinajstić information content (AvgIpc) is 2.76. The highest BCUT2D eigenvalue weighted by Crippen LogP contribution is 2.36. The minimum Gasteiger partial charge on any atom is -0.445 e. The standard InChI is InChI=1S/C23H25ClN4O3/c1-2-3-8-19(29)28-21-20(17-6-4-5-7-18(17)27-22(21)24)26-13-15-9-11-16(12-10-15)14-31-23(25)30/h4-7,9-12H,2-3,8,13-14H2,1H3,(H2,25,30)(H,26,27)(H,28,29). The third kappa shape index (κ3) is 6.08. The van der Waals surface area contributed by atoms with Crippen molar-refractivity contribution in [3.63, 3.8) is 0 Å². The summed E-state index contributed by atoms with van der Waals surface area (Å²) in [5.74, 6) is -0.0947. The molecule has 2 amide bonds. The summed E-state index contributed by atoms with van der Waals surface area (Å²) in [5, 5.41) is 7.43. The lowest BCUT2D eigenvalue weighted by molar-refractivity contribution is -0.116. The Kier molecular flexibility index (Phi) is 7.67. The number of carbonyl (C=O) groups is 2. The van der Waals surface area contributed by atoms with Gasteiger partial charge in [0.2, 0.25) is 5.91 Å². The Morgan fingerprint density at radius 3 is 2.48 bits per heavy atom. The van der Waals surface area contributed by atoms with Crippen molar-refractivity contribution in [2.45, 2.75) is 39.3 Å². The number of hydrogen-bond acceptors (Lipinski definition) is 5. The number of nitrogens with zero attached hydrogens (tertiary/aromatic N) is 1. The van der Waals surface area contributed by atoms with Crippen LogP contribution in [0.25, 0.3) is 10.9 Å². The van der Waals surface area contributed by atoms with Gasteiger partial charge in [0.05, 0.1) is 11.2 Å². The number of pyridine rings is 1. The van der Waals surface area contributed by atoms with Gasteiger partial charge in [-0.2, -0.15) is 0 Å². The number of halogens is 1. The molecule has 1 heterocycles. The second-order valence-electron chi connectivity index (χ2n) is 7.10. The molecule has 2 aromatic carbocycles. The Morgan fingerprint density at radius 1 is 1.06 bits per heavy atom. The van der Waals surface area contributed by atoms with E-state index in [-0.39, 0.29) is 17.7 Å². The van der Waals surface area contributed by atoms with Gasteiger partial charge in [-0.05, 0) is 23.6 Å². The number of rotatable bonds is 9. The van der Waals surface area contributed by atoms with Crippen LogP contribution in [0.1, 0.15) is 37.3 Å². The first-order valence-corrected chi connectivity index (χ1v) is 10.5. The summed E-state index contributed by atoms with van der Waals surface area (Å²) in [7, 11) is 0. The van der Waals surface area contributed by atoms with E-state index in [9.17, 15) is 9.59 Å². The Balaban J connectivity index is 1.83. The summed E-state index contributed by atoms with van der Waals surface area (Å²) < 4.78 is 4.80. The van der Waals surface area contributed by atoms with Gasteiger partial charge in [-0.1, -0.05) is 67.4 Å². The predicted octanol–water partition coefficient (Wildman–Crippen LogP) is 5.22. The van der Waals surface area contributed by atoms with Crippen LogP contribution in [-0.2, 0) is 22.7 Å². The molecule has 0 aliphatic heterocycles. The van der Waals surface area contributed by atoms with E-state index in [0.29, 0.717) is 18.7 Å². The topological polar surface area (TPSA) is 106 Å². The molecule has 0 atom stereocenters. The van der Waals surface area contributed by atoms with Crippen LogP contribution in [0, 0.1) is 0 Å². The Morgan fingerprint density at radius 2 is 1.77 bits per heavy atom. The maximum absolute atomic E-state index is 12.4. The molecule has 3 rings (SSSR count). The number of hydrogen-bond donors (Lipinski definition) is 3. The first-order chi connectivity index (χ1) is 15.0. The van der Waals surface area contributed by atoms with Crippen LogP contribution in [0.4, 0.5) is 16.2 Å². The second kappa shape index (κ2) is 10.6. The van der Waals surface area contributed by atoms with Crippen molar-refractivity contribution in [2.24, 2.45) is 5.73 Å². The van der Waals surface area contributed by atoms with Crippen LogP contribution in [0.5, 0.6) is 0 Å². The number of para-hydroxylation sites is 1. The van der Waals surface area contributed by atoms with Gasteiger partial charge < -0.3 is 21.1 Å². The number of nitrogens with one attached hydrogen (secondary N) is 2. The third-order valence-electron chi connectivity index (χ3n) is 4.74. The average molecular weight is 441 g/mol. The normalized spacial score (nSPS) is 10.6. The van der Waals surface area contributed by atoms with Crippen molar-refractivity contribution in [3.05, 3.63) is 64.8 Å². The summed E-state index contributed by atoms with van der Waals surface area (Å²) in [6.45, 7) is 2.66. The number of carbonyl (C=O) groups excluding carboxylic acids is 2. The molecule has 3 aromatic rings. The number of benzene rings is 2. The maximum atomic E-state index is 12.4. The minimum absolute atomic E-state index is 0.0947. The monoisotopic (exact) mass is 440 g/mol. The van der Waals surface area contributed by atoms with Gasteiger partial charge in [-0.15, -0.1) is 0 Å². The molecular weight excluding hydrogens is 416 g/mol. The highest BCUT2D eigenvalue weighted by Gasteiger charge is 2.16. The lowest BCUT2D eigenvalue weighted by atomic mass is 10.1.